The van der Waals surface area contributed by atoms with Crippen LogP contribution in [0.1, 0.15) is 33.3 Å². The molecule has 1 rings (SSSR count). The van der Waals surface area contributed by atoms with Crippen molar-refractivity contribution in [2.75, 3.05) is 18.4 Å². The lowest BCUT2D eigenvalue weighted by Gasteiger charge is -2.25. The van der Waals surface area contributed by atoms with E-state index >= 15 is 0 Å². The van der Waals surface area contributed by atoms with Crippen LogP contribution in [-0.2, 0) is 9.59 Å². The van der Waals surface area contributed by atoms with Crippen LogP contribution in [0.4, 0.5) is 5.69 Å². The molecule has 0 bridgehead atoms. The number of rotatable bonds is 5. The fraction of sp³-hybridized carbons (Fsp3) is 0.529. The number of nitrogens with zero attached hydrogens (tertiary/aromatic N) is 1. The van der Waals surface area contributed by atoms with E-state index in [1.807, 2.05) is 52.8 Å². The largest absolute Gasteiger partial charge is 0.334 e. The average molecular weight is 290 g/mol. The van der Waals surface area contributed by atoms with Crippen molar-refractivity contribution in [1.29, 1.82) is 0 Å². The van der Waals surface area contributed by atoms with Gasteiger partial charge in [0, 0.05) is 18.8 Å². The first kappa shape index (κ1) is 17.2. The molecule has 0 saturated carbocycles. The summed E-state index contributed by atoms with van der Waals surface area (Å²) in [6.45, 7) is 11.3. The molecule has 0 aromatic heterocycles. The van der Waals surface area contributed by atoms with Crippen molar-refractivity contribution in [2.24, 2.45) is 11.8 Å². The molecule has 0 aliphatic carbocycles. The number of aryl methyl sites for hydroxylation is 1. The van der Waals surface area contributed by atoms with Crippen LogP contribution in [0.3, 0.4) is 0 Å². The SMILES string of the molecule is Cc1ccccc1NC(=O)C(=O)N(CC(C)C)CC(C)C. The van der Waals surface area contributed by atoms with Crippen molar-refractivity contribution in [3.63, 3.8) is 0 Å². The van der Waals surface area contributed by atoms with Crippen molar-refractivity contribution in [2.45, 2.75) is 34.6 Å². The van der Waals surface area contributed by atoms with Gasteiger partial charge in [0.2, 0.25) is 0 Å². The Kier molecular flexibility index (Phi) is 6.40. The molecule has 1 aromatic rings. The predicted octanol–water partition coefficient (Wildman–Crippen LogP) is 3.07. The van der Waals surface area contributed by atoms with E-state index in [4.69, 9.17) is 0 Å². The second-order valence-corrected chi connectivity index (χ2v) is 6.27. The number of hydrogen-bond acceptors (Lipinski definition) is 2. The Bertz CT molecular complexity index is 485. The quantitative estimate of drug-likeness (QED) is 0.847. The van der Waals surface area contributed by atoms with Crippen molar-refractivity contribution >= 4 is 17.5 Å². The summed E-state index contributed by atoms with van der Waals surface area (Å²) in [6, 6.07) is 7.44. The van der Waals surface area contributed by atoms with Crippen LogP contribution in [0, 0.1) is 18.8 Å². The minimum atomic E-state index is -0.564. The summed E-state index contributed by atoms with van der Waals surface area (Å²) in [7, 11) is 0. The standard InChI is InChI=1S/C17H26N2O2/c1-12(2)10-19(11-13(3)4)17(21)16(20)18-15-9-7-6-8-14(15)5/h6-9,12-13H,10-11H2,1-5H3,(H,18,20). The van der Waals surface area contributed by atoms with Crippen LogP contribution >= 0.6 is 0 Å². The third kappa shape index (κ3) is 5.58. The Morgan fingerprint density at radius 2 is 1.57 bits per heavy atom. The van der Waals surface area contributed by atoms with Gasteiger partial charge in [-0.3, -0.25) is 9.59 Å². The molecule has 1 N–H and O–H groups in total. The van der Waals surface area contributed by atoms with E-state index in [1.54, 1.807) is 11.0 Å². The minimum Gasteiger partial charge on any atom is -0.334 e. The van der Waals surface area contributed by atoms with Crippen molar-refractivity contribution in [3.05, 3.63) is 29.8 Å². The van der Waals surface area contributed by atoms with Crippen molar-refractivity contribution in [3.8, 4) is 0 Å². The van der Waals surface area contributed by atoms with Crippen LogP contribution in [0.25, 0.3) is 0 Å². The number of amides is 2. The van der Waals surface area contributed by atoms with E-state index in [2.05, 4.69) is 5.32 Å². The Labute approximate surface area is 127 Å². The molecule has 4 nitrogen and oxygen atoms in total. The molecule has 0 heterocycles. The van der Waals surface area contributed by atoms with Gasteiger partial charge in [-0.1, -0.05) is 45.9 Å². The molecule has 0 aliphatic rings. The molecule has 2 amide bonds. The molecule has 0 atom stereocenters. The lowest BCUT2D eigenvalue weighted by atomic mass is 10.1. The summed E-state index contributed by atoms with van der Waals surface area (Å²) >= 11 is 0. The molecule has 0 spiro atoms. The van der Waals surface area contributed by atoms with E-state index in [0.29, 0.717) is 30.6 Å². The van der Waals surface area contributed by atoms with Crippen LogP contribution in [-0.4, -0.2) is 29.8 Å². The second kappa shape index (κ2) is 7.81. The highest BCUT2D eigenvalue weighted by molar-refractivity contribution is 6.39. The molecule has 0 fully saturated rings. The number of nitrogens with one attached hydrogen (secondary N) is 1. The Morgan fingerprint density at radius 1 is 1.05 bits per heavy atom. The zero-order valence-corrected chi connectivity index (χ0v) is 13.6. The maximum atomic E-state index is 12.3. The molecule has 0 aliphatic heterocycles. The predicted molar refractivity (Wildman–Crippen MR) is 86.1 cm³/mol. The molecule has 4 heteroatoms. The van der Waals surface area contributed by atoms with E-state index in [0.717, 1.165) is 5.56 Å². The van der Waals surface area contributed by atoms with Gasteiger partial charge < -0.3 is 10.2 Å². The van der Waals surface area contributed by atoms with Crippen LogP contribution in [0.2, 0.25) is 0 Å². The summed E-state index contributed by atoms with van der Waals surface area (Å²) < 4.78 is 0. The molecule has 21 heavy (non-hydrogen) atoms. The first-order valence-corrected chi connectivity index (χ1v) is 7.47. The summed E-state index contributed by atoms with van der Waals surface area (Å²) in [5, 5.41) is 2.71. The molecule has 0 saturated heterocycles. The maximum absolute atomic E-state index is 12.3. The third-order valence-corrected chi connectivity index (χ3v) is 3.05. The maximum Gasteiger partial charge on any atom is 0.313 e. The minimum absolute atomic E-state index is 0.332. The van der Waals surface area contributed by atoms with Crippen molar-refractivity contribution in [1.82, 2.24) is 4.90 Å². The van der Waals surface area contributed by atoms with Gasteiger partial charge in [0.1, 0.15) is 0 Å². The van der Waals surface area contributed by atoms with E-state index in [1.165, 1.54) is 0 Å². The Morgan fingerprint density at radius 3 is 2.05 bits per heavy atom. The lowest BCUT2D eigenvalue weighted by Crippen LogP contribution is -2.43. The van der Waals surface area contributed by atoms with Crippen LogP contribution in [0.5, 0.6) is 0 Å². The monoisotopic (exact) mass is 290 g/mol. The highest BCUT2D eigenvalue weighted by Gasteiger charge is 2.23. The van der Waals surface area contributed by atoms with Crippen LogP contribution < -0.4 is 5.32 Å². The normalized spacial score (nSPS) is 10.8. The van der Waals surface area contributed by atoms with Crippen LogP contribution in [0.15, 0.2) is 24.3 Å². The Hall–Kier alpha value is -1.84. The first-order valence-electron chi connectivity index (χ1n) is 7.47. The number of para-hydroxylation sites is 1. The smallest absolute Gasteiger partial charge is 0.313 e. The fourth-order valence-corrected chi connectivity index (χ4v) is 2.15. The summed E-state index contributed by atoms with van der Waals surface area (Å²) in [4.78, 5) is 26.2. The zero-order valence-electron chi connectivity index (χ0n) is 13.6. The summed E-state index contributed by atoms with van der Waals surface area (Å²) in [5.74, 6) is -0.357. The molecule has 0 radical (unpaired) electrons. The molecular formula is C17H26N2O2. The van der Waals surface area contributed by atoms with Gasteiger partial charge in [-0.15, -0.1) is 0 Å². The molecule has 0 unspecified atom stereocenters. The van der Waals surface area contributed by atoms with E-state index < -0.39 is 11.8 Å². The fourth-order valence-electron chi connectivity index (χ4n) is 2.15. The van der Waals surface area contributed by atoms with Crippen molar-refractivity contribution < 1.29 is 9.59 Å². The number of carbonyl (C=O) groups is 2. The average Bonchev–Trinajstić information content (AvgIpc) is 2.38. The number of carbonyl (C=O) groups excluding carboxylic acids is 2. The van der Waals surface area contributed by atoms with E-state index in [9.17, 15) is 9.59 Å². The third-order valence-electron chi connectivity index (χ3n) is 3.05. The summed E-state index contributed by atoms with van der Waals surface area (Å²) in [5.41, 5.74) is 1.63. The summed E-state index contributed by atoms with van der Waals surface area (Å²) in [6.07, 6.45) is 0. The van der Waals surface area contributed by atoms with Gasteiger partial charge in [0.05, 0.1) is 0 Å². The second-order valence-electron chi connectivity index (χ2n) is 6.27. The van der Waals surface area contributed by atoms with Gasteiger partial charge >= 0.3 is 11.8 Å². The number of hydrogen-bond donors (Lipinski definition) is 1. The van der Waals surface area contributed by atoms with Gasteiger partial charge in [-0.2, -0.15) is 0 Å². The van der Waals surface area contributed by atoms with Gasteiger partial charge in [-0.25, -0.2) is 0 Å². The van der Waals surface area contributed by atoms with Gasteiger partial charge in [-0.05, 0) is 30.4 Å². The van der Waals surface area contributed by atoms with Gasteiger partial charge in [0.15, 0.2) is 0 Å². The molecular weight excluding hydrogens is 264 g/mol. The van der Waals surface area contributed by atoms with E-state index in [-0.39, 0.29) is 0 Å². The zero-order chi connectivity index (χ0) is 16.0. The lowest BCUT2D eigenvalue weighted by molar-refractivity contribution is -0.143. The molecule has 1 aromatic carbocycles. The Balaban J connectivity index is 2.78. The van der Waals surface area contributed by atoms with Gasteiger partial charge in [0.25, 0.3) is 0 Å². The molecule has 116 valence electrons. The number of anilines is 1. The highest BCUT2D eigenvalue weighted by atomic mass is 16.2. The highest BCUT2D eigenvalue weighted by Crippen LogP contribution is 2.13. The topological polar surface area (TPSA) is 49.4 Å². The first-order chi connectivity index (χ1) is 9.81. The number of benzene rings is 1.